The number of fused-ring (bicyclic) bond motifs is 1. The van der Waals surface area contributed by atoms with Gasteiger partial charge in [-0.15, -0.1) is 9.24 Å². The number of aromatic nitrogens is 2. The molecule has 1 atom stereocenters. The Kier molecular flexibility index (Phi) is 4.24. The Bertz CT molecular complexity index is 948. The molecule has 0 saturated carbocycles. The minimum atomic E-state index is 0. The average molecular weight is 320 g/mol. The van der Waals surface area contributed by atoms with E-state index in [2.05, 4.69) is 74.5 Å². The summed E-state index contributed by atoms with van der Waals surface area (Å²) in [7, 11) is 2.80. The molecule has 0 aliphatic heterocycles. The molecule has 4 aromatic rings. The van der Waals surface area contributed by atoms with E-state index in [9.17, 15) is 0 Å². The Balaban J connectivity index is 0.00000156. The van der Waals surface area contributed by atoms with E-state index < -0.39 is 0 Å². The molecule has 0 aliphatic carbocycles. The maximum absolute atomic E-state index is 4.87. The Hall–Kier alpha value is -2.48. The van der Waals surface area contributed by atoms with Gasteiger partial charge in [0.25, 0.3) is 0 Å². The molecule has 3 nitrogen and oxygen atoms in total. The third kappa shape index (κ3) is 2.65. The molecule has 0 radical (unpaired) electrons. The summed E-state index contributed by atoms with van der Waals surface area (Å²) < 4.78 is 2.22. The van der Waals surface area contributed by atoms with Gasteiger partial charge < -0.3 is 5.48 Å². The minimum Gasteiger partial charge on any atom is -0.412 e. The van der Waals surface area contributed by atoms with Gasteiger partial charge in [0.2, 0.25) is 0 Å². The van der Waals surface area contributed by atoms with Crippen LogP contribution in [0.2, 0.25) is 0 Å². The number of imidazole rings is 1. The van der Waals surface area contributed by atoms with Crippen molar-refractivity contribution in [2.45, 2.75) is 0 Å². The highest BCUT2D eigenvalue weighted by atomic mass is 31.0. The lowest BCUT2D eigenvalue weighted by Crippen LogP contribution is -2.03. The Morgan fingerprint density at radius 3 is 2.17 bits per heavy atom. The lowest BCUT2D eigenvalue weighted by Gasteiger charge is -2.10. The van der Waals surface area contributed by atoms with Gasteiger partial charge >= 0.3 is 0 Å². The maximum atomic E-state index is 4.87. The van der Waals surface area contributed by atoms with Crippen LogP contribution in [0.1, 0.15) is 0 Å². The predicted molar refractivity (Wildman–Crippen MR) is 99.5 cm³/mol. The molecule has 4 heteroatoms. The van der Waals surface area contributed by atoms with Crippen LogP contribution in [-0.2, 0) is 0 Å². The lowest BCUT2D eigenvalue weighted by molar-refractivity contribution is 0.824. The van der Waals surface area contributed by atoms with Gasteiger partial charge in [-0.1, -0.05) is 54.6 Å². The highest BCUT2D eigenvalue weighted by Gasteiger charge is 2.14. The summed E-state index contributed by atoms with van der Waals surface area (Å²) in [6.07, 6.45) is 0. The smallest absolute Gasteiger partial charge is 0.146 e. The molecule has 0 saturated heterocycles. The third-order valence-corrected chi connectivity index (χ3v) is 4.28. The number of benzene rings is 3. The number of hydrogen-bond acceptors (Lipinski definition) is 1. The molecule has 114 valence electrons. The second kappa shape index (κ2) is 6.33. The molecule has 0 amide bonds. The molecule has 1 unspecified atom stereocenters. The van der Waals surface area contributed by atoms with E-state index in [4.69, 9.17) is 4.98 Å². The molecular formula is C19H17N2OP. The van der Waals surface area contributed by atoms with E-state index in [1.54, 1.807) is 0 Å². The molecule has 0 spiro atoms. The van der Waals surface area contributed by atoms with Gasteiger partial charge in [-0.3, -0.25) is 4.57 Å². The summed E-state index contributed by atoms with van der Waals surface area (Å²) in [5, 5.41) is 1.15. The van der Waals surface area contributed by atoms with E-state index in [0.29, 0.717) is 0 Å². The van der Waals surface area contributed by atoms with Gasteiger partial charge in [-0.25, -0.2) is 4.98 Å². The topological polar surface area (TPSA) is 49.3 Å². The normalized spacial score (nSPS) is 10.5. The zero-order valence-electron chi connectivity index (χ0n) is 12.5. The first-order chi connectivity index (χ1) is 10.8. The monoisotopic (exact) mass is 320 g/mol. The molecule has 2 N–H and O–H groups in total. The first-order valence-corrected chi connectivity index (χ1v) is 7.80. The van der Waals surface area contributed by atoms with Gasteiger partial charge in [0, 0.05) is 11.3 Å². The van der Waals surface area contributed by atoms with Crippen molar-refractivity contribution in [3.05, 3.63) is 78.9 Å². The van der Waals surface area contributed by atoms with E-state index in [1.807, 2.05) is 18.2 Å². The SMILES string of the molecule is O.Pc1ccccc1-c1nc2ccccc2n1-c1ccccc1. The number of rotatable bonds is 2. The third-order valence-electron chi connectivity index (χ3n) is 3.78. The van der Waals surface area contributed by atoms with Crippen molar-refractivity contribution in [2.75, 3.05) is 0 Å². The van der Waals surface area contributed by atoms with E-state index in [0.717, 1.165) is 33.4 Å². The number of para-hydroxylation sites is 3. The first-order valence-electron chi connectivity index (χ1n) is 7.22. The van der Waals surface area contributed by atoms with Crippen molar-refractivity contribution in [3.8, 4) is 17.1 Å². The van der Waals surface area contributed by atoms with Gasteiger partial charge in [0.05, 0.1) is 11.0 Å². The van der Waals surface area contributed by atoms with Crippen LogP contribution >= 0.6 is 9.24 Å². The van der Waals surface area contributed by atoms with Gasteiger partial charge in [0.15, 0.2) is 0 Å². The molecule has 0 bridgehead atoms. The molecule has 1 heterocycles. The molecule has 4 rings (SSSR count). The summed E-state index contributed by atoms with van der Waals surface area (Å²) in [4.78, 5) is 4.87. The fourth-order valence-electron chi connectivity index (χ4n) is 2.75. The standard InChI is InChI=1S/C19H15N2P.H2O/c22-18-13-7-4-10-15(18)19-20-16-11-5-6-12-17(16)21(19)14-8-2-1-3-9-14;/h1-13H,22H2;1H2. The summed E-state index contributed by atoms with van der Waals surface area (Å²) in [6.45, 7) is 0. The van der Waals surface area contributed by atoms with Crippen LogP contribution in [0.5, 0.6) is 0 Å². The van der Waals surface area contributed by atoms with Crippen molar-refractivity contribution in [1.29, 1.82) is 0 Å². The largest absolute Gasteiger partial charge is 0.412 e. The zero-order valence-corrected chi connectivity index (χ0v) is 13.6. The van der Waals surface area contributed by atoms with Crippen molar-refractivity contribution in [1.82, 2.24) is 9.55 Å². The number of hydrogen-bond donors (Lipinski definition) is 0. The molecule has 0 fully saturated rings. The van der Waals surface area contributed by atoms with Gasteiger partial charge in [-0.05, 0) is 29.6 Å². The van der Waals surface area contributed by atoms with Crippen molar-refractivity contribution in [3.63, 3.8) is 0 Å². The predicted octanol–water partition coefficient (Wildman–Crippen LogP) is 3.37. The quantitative estimate of drug-likeness (QED) is 0.522. The highest BCUT2D eigenvalue weighted by molar-refractivity contribution is 7.27. The second-order valence-corrected chi connectivity index (χ2v) is 5.80. The Morgan fingerprint density at radius 1 is 0.739 bits per heavy atom. The van der Waals surface area contributed by atoms with Gasteiger partial charge in [0.1, 0.15) is 5.82 Å². The van der Waals surface area contributed by atoms with E-state index in [-0.39, 0.29) is 5.48 Å². The second-order valence-electron chi connectivity index (χ2n) is 5.18. The van der Waals surface area contributed by atoms with Crippen molar-refractivity contribution >= 4 is 25.6 Å². The Morgan fingerprint density at radius 2 is 1.39 bits per heavy atom. The van der Waals surface area contributed by atoms with Crippen molar-refractivity contribution in [2.24, 2.45) is 0 Å². The van der Waals surface area contributed by atoms with Crippen LogP contribution in [-0.4, -0.2) is 15.0 Å². The number of nitrogens with zero attached hydrogens (tertiary/aromatic N) is 2. The van der Waals surface area contributed by atoms with Crippen molar-refractivity contribution < 1.29 is 5.48 Å². The van der Waals surface area contributed by atoms with Crippen LogP contribution in [0.4, 0.5) is 0 Å². The van der Waals surface area contributed by atoms with Crippen LogP contribution in [0, 0.1) is 0 Å². The first kappa shape index (κ1) is 15.4. The molecule has 0 aliphatic rings. The molecular weight excluding hydrogens is 303 g/mol. The van der Waals surface area contributed by atoms with Crippen LogP contribution in [0.15, 0.2) is 78.9 Å². The van der Waals surface area contributed by atoms with Crippen LogP contribution < -0.4 is 5.30 Å². The average Bonchev–Trinajstić information content (AvgIpc) is 2.95. The Labute approximate surface area is 137 Å². The fourth-order valence-corrected chi connectivity index (χ4v) is 3.08. The molecule has 3 aromatic carbocycles. The van der Waals surface area contributed by atoms with E-state index >= 15 is 0 Å². The van der Waals surface area contributed by atoms with Gasteiger partial charge in [-0.2, -0.15) is 0 Å². The van der Waals surface area contributed by atoms with Crippen LogP contribution in [0.3, 0.4) is 0 Å². The minimum absolute atomic E-state index is 0. The maximum Gasteiger partial charge on any atom is 0.146 e. The summed E-state index contributed by atoms with van der Waals surface area (Å²) in [5.74, 6) is 0.970. The lowest BCUT2D eigenvalue weighted by atomic mass is 10.2. The zero-order chi connectivity index (χ0) is 14.9. The van der Waals surface area contributed by atoms with E-state index in [1.165, 1.54) is 0 Å². The molecule has 1 aromatic heterocycles. The summed E-state index contributed by atoms with van der Waals surface area (Å²) in [5.41, 5.74) is 4.39. The fraction of sp³-hybridized carbons (Fsp3) is 0. The van der Waals surface area contributed by atoms with Crippen LogP contribution in [0.25, 0.3) is 28.1 Å². The summed E-state index contributed by atoms with van der Waals surface area (Å²) >= 11 is 0. The highest BCUT2D eigenvalue weighted by Crippen LogP contribution is 2.28. The summed E-state index contributed by atoms with van der Waals surface area (Å²) in [6, 6.07) is 26.9. The molecule has 23 heavy (non-hydrogen) atoms.